The second-order valence-electron chi connectivity index (χ2n) is 7.62. The van der Waals surface area contributed by atoms with Crippen molar-refractivity contribution in [1.29, 1.82) is 0 Å². The third-order valence-corrected chi connectivity index (χ3v) is 5.39. The van der Waals surface area contributed by atoms with Crippen molar-refractivity contribution in [3.05, 3.63) is 78.0 Å². The van der Waals surface area contributed by atoms with Gasteiger partial charge in [0, 0.05) is 44.4 Å². The van der Waals surface area contributed by atoms with Crippen LogP contribution in [-0.2, 0) is 11.3 Å². The summed E-state index contributed by atoms with van der Waals surface area (Å²) < 4.78 is 5.26. The van der Waals surface area contributed by atoms with Crippen LogP contribution in [0.2, 0.25) is 0 Å². The standard InChI is InChI=1S/C24H26N4O3/c29-23(28-13-7-12-27(14-15-28)18-19-8-3-1-4-9-19)17-25-24(30)21-16-22(31-26-21)20-10-5-2-6-11-20/h1-6,8-11,16H,7,12-15,17-18H2,(H,25,30). The van der Waals surface area contributed by atoms with Crippen LogP contribution in [0.15, 0.2) is 71.3 Å². The minimum absolute atomic E-state index is 0.0505. The molecule has 1 aliphatic rings. The molecule has 3 aromatic rings. The molecule has 0 unspecified atom stereocenters. The molecular weight excluding hydrogens is 392 g/mol. The van der Waals surface area contributed by atoms with Gasteiger partial charge in [-0.3, -0.25) is 14.5 Å². The van der Waals surface area contributed by atoms with Gasteiger partial charge in [0.1, 0.15) is 0 Å². The predicted molar refractivity (Wildman–Crippen MR) is 117 cm³/mol. The lowest BCUT2D eigenvalue weighted by atomic mass is 10.1. The van der Waals surface area contributed by atoms with Crippen LogP contribution in [0.25, 0.3) is 11.3 Å². The third-order valence-electron chi connectivity index (χ3n) is 5.39. The Balaban J connectivity index is 1.26. The van der Waals surface area contributed by atoms with Crippen molar-refractivity contribution in [2.24, 2.45) is 0 Å². The van der Waals surface area contributed by atoms with Crippen molar-refractivity contribution in [2.75, 3.05) is 32.7 Å². The van der Waals surface area contributed by atoms with Crippen LogP contribution >= 0.6 is 0 Å². The van der Waals surface area contributed by atoms with Gasteiger partial charge in [0.2, 0.25) is 5.91 Å². The Bertz CT molecular complexity index is 1000. The maximum Gasteiger partial charge on any atom is 0.273 e. The maximum absolute atomic E-state index is 12.6. The molecule has 7 nitrogen and oxygen atoms in total. The Labute approximate surface area is 181 Å². The number of nitrogens with zero attached hydrogens (tertiary/aromatic N) is 3. The Morgan fingerprint density at radius 2 is 1.68 bits per heavy atom. The van der Waals surface area contributed by atoms with Crippen LogP contribution < -0.4 is 5.32 Å². The van der Waals surface area contributed by atoms with Crippen molar-refractivity contribution >= 4 is 11.8 Å². The van der Waals surface area contributed by atoms with E-state index < -0.39 is 5.91 Å². The first-order valence-electron chi connectivity index (χ1n) is 10.5. The van der Waals surface area contributed by atoms with Crippen molar-refractivity contribution in [1.82, 2.24) is 20.3 Å². The maximum atomic E-state index is 12.6. The van der Waals surface area contributed by atoms with Gasteiger partial charge in [0.05, 0.1) is 6.54 Å². The number of benzene rings is 2. The Morgan fingerprint density at radius 1 is 0.935 bits per heavy atom. The number of rotatable bonds is 6. The highest BCUT2D eigenvalue weighted by Gasteiger charge is 2.21. The van der Waals surface area contributed by atoms with Crippen molar-refractivity contribution in [3.63, 3.8) is 0 Å². The Kier molecular flexibility index (Phi) is 6.74. The van der Waals surface area contributed by atoms with E-state index in [0.29, 0.717) is 18.8 Å². The number of hydrogen-bond acceptors (Lipinski definition) is 5. The van der Waals surface area contributed by atoms with E-state index in [0.717, 1.165) is 31.6 Å². The van der Waals surface area contributed by atoms with Crippen molar-refractivity contribution in [2.45, 2.75) is 13.0 Å². The van der Waals surface area contributed by atoms with E-state index in [1.54, 1.807) is 6.07 Å². The quantitative estimate of drug-likeness (QED) is 0.666. The average Bonchev–Trinajstić information content (AvgIpc) is 3.20. The van der Waals surface area contributed by atoms with Crippen molar-refractivity contribution < 1.29 is 14.1 Å². The van der Waals surface area contributed by atoms with E-state index in [2.05, 4.69) is 27.5 Å². The van der Waals surface area contributed by atoms with Crippen LogP contribution in [0.4, 0.5) is 0 Å². The SMILES string of the molecule is O=C(NCC(=O)N1CCCN(Cc2ccccc2)CC1)c1cc(-c2ccccc2)on1. The number of nitrogens with one attached hydrogen (secondary N) is 1. The van der Waals surface area contributed by atoms with Gasteiger partial charge in [-0.25, -0.2) is 0 Å². The summed E-state index contributed by atoms with van der Waals surface area (Å²) in [7, 11) is 0. The first-order valence-corrected chi connectivity index (χ1v) is 10.5. The molecule has 2 amide bonds. The second kappa shape index (κ2) is 10.0. The first-order chi connectivity index (χ1) is 15.2. The fraction of sp³-hybridized carbons (Fsp3) is 0.292. The molecule has 0 radical (unpaired) electrons. The van der Waals surface area contributed by atoms with Gasteiger partial charge in [-0.1, -0.05) is 65.8 Å². The average molecular weight is 418 g/mol. The zero-order chi connectivity index (χ0) is 21.5. The molecule has 0 spiro atoms. The minimum atomic E-state index is -0.417. The topological polar surface area (TPSA) is 78.7 Å². The molecule has 0 aliphatic carbocycles. The largest absolute Gasteiger partial charge is 0.355 e. The van der Waals surface area contributed by atoms with Crippen LogP contribution in [0, 0.1) is 0 Å². The molecule has 1 saturated heterocycles. The lowest BCUT2D eigenvalue weighted by molar-refractivity contribution is -0.130. The molecule has 1 aliphatic heterocycles. The molecule has 1 fully saturated rings. The smallest absolute Gasteiger partial charge is 0.273 e. The lowest BCUT2D eigenvalue weighted by Gasteiger charge is -2.22. The van der Waals surface area contributed by atoms with Crippen LogP contribution in [-0.4, -0.2) is 59.5 Å². The van der Waals surface area contributed by atoms with Gasteiger partial charge in [-0.15, -0.1) is 0 Å². The molecule has 2 aromatic carbocycles. The van der Waals surface area contributed by atoms with Gasteiger partial charge in [0.25, 0.3) is 5.91 Å². The van der Waals surface area contributed by atoms with Gasteiger partial charge in [-0.2, -0.15) is 0 Å². The molecule has 1 aromatic heterocycles. The Morgan fingerprint density at radius 3 is 2.45 bits per heavy atom. The van der Waals surface area contributed by atoms with E-state index in [4.69, 9.17) is 4.52 Å². The summed E-state index contributed by atoms with van der Waals surface area (Å²) in [6.45, 7) is 3.96. The summed E-state index contributed by atoms with van der Waals surface area (Å²) in [4.78, 5) is 29.2. The summed E-state index contributed by atoms with van der Waals surface area (Å²) in [6, 6.07) is 21.4. The van der Waals surface area contributed by atoms with Gasteiger partial charge in [0.15, 0.2) is 11.5 Å². The summed E-state index contributed by atoms with van der Waals surface area (Å²) in [5.74, 6) is 0.0181. The molecule has 2 heterocycles. The zero-order valence-corrected chi connectivity index (χ0v) is 17.4. The van der Waals surface area contributed by atoms with Gasteiger partial charge in [-0.05, 0) is 12.0 Å². The molecule has 1 N–H and O–H groups in total. The van der Waals surface area contributed by atoms with Crippen LogP contribution in [0.3, 0.4) is 0 Å². The fourth-order valence-electron chi connectivity index (χ4n) is 3.70. The molecule has 7 heteroatoms. The summed E-state index contributed by atoms with van der Waals surface area (Å²) in [6.07, 6.45) is 0.913. The minimum Gasteiger partial charge on any atom is -0.355 e. The van der Waals surface area contributed by atoms with Crippen molar-refractivity contribution in [3.8, 4) is 11.3 Å². The van der Waals surface area contributed by atoms with Crippen LogP contribution in [0.5, 0.6) is 0 Å². The molecular formula is C24H26N4O3. The molecule has 0 atom stereocenters. The first kappa shape index (κ1) is 20.8. The molecule has 31 heavy (non-hydrogen) atoms. The zero-order valence-electron chi connectivity index (χ0n) is 17.4. The number of carbonyl (C=O) groups excluding carboxylic acids is 2. The fourth-order valence-corrected chi connectivity index (χ4v) is 3.70. The monoisotopic (exact) mass is 418 g/mol. The Hall–Kier alpha value is -3.45. The number of hydrogen-bond donors (Lipinski definition) is 1. The van der Waals surface area contributed by atoms with Crippen LogP contribution in [0.1, 0.15) is 22.5 Å². The van der Waals surface area contributed by atoms with E-state index in [-0.39, 0.29) is 18.1 Å². The summed E-state index contributed by atoms with van der Waals surface area (Å²) in [5.41, 5.74) is 2.28. The van der Waals surface area contributed by atoms with Gasteiger partial charge >= 0.3 is 0 Å². The normalized spacial score (nSPS) is 14.8. The van der Waals surface area contributed by atoms with E-state index in [9.17, 15) is 9.59 Å². The number of carbonyl (C=O) groups is 2. The van der Waals surface area contributed by atoms with Gasteiger partial charge < -0.3 is 14.7 Å². The highest BCUT2D eigenvalue weighted by molar-refractivity contribution is 5.95. The number of aromatic nitrogens is 1. The molecule has 0 saturated carbocycles. The predicted octanol–water partition coefficient (Wildman–Crippen LogP) is 2.81. The second-order valence-corrected chi connectivity index (χ2v) is 7.62. The molecule has 0 bridgehead atoms. The molecule has 160 valence electrons. The van der Waals surface area contributed by atoms with E-state index in [1.807, 2.05) is 53.4 Å². The molecule has 4 rings (SSSR count). The van der Waals surface area contributed by atoms with E-state index in [1.165, 1.54) is 5.56 Å². The van der Waals surface area contributed by atoms with E-state index >= 15 is 0 Å². The lowest BCUT2D eigenvalue weighted by Crippen LogP contribution is -2.42. The third kappa shape index (κ3) is 5.58. The number of amides is 2. The summed E-state index contributed by atoms with van der Waals surface area (Å²) in [5, 5.41) is 6.50. The highest BCUT2D eigenvalue weighted by atomic mass is 16.5. The summed E-state index contributed by atoms with van der Waals surface area (Å²) >= 11 is 0. The highest BCUT2D eigenvalue weighted by Crippen LogP contribution is 2.19.